The first-order valence-corrected chi connectivity index (χ1v) is 18.4. The molecule has 13 heteroatoms. The average molecular weight is 661 g/mol. The predicted molar refractivity (Wildman–Crippen MR) is 164 cm³/mol. The second-order valence-electron chi connectivity index (χ2n) is 11.1. The number of ether oxygens (including phenoxy) is 3. The Morgan fingerprint density at radius 2 is 1.40 bits per heavy atom. The Kier molecular flexibility index (Phi) is 12.8. The van der Waals surface area contributed by atoms with Gasteiger partial charge in [-0.2, -0.15) is 0 Å². The second-order valence-corrected chi connectivity index (χ2v) is 15.7. The predicted octanol–water partition coefficient (Wildman–Crippen LogP) is 4.77. The van der Waals surface area contributed by atoms with Gasteiger partial charge < -0.3 is 14.2 Å². The zero-order valence-electron chi connectivity index (χ0n) is 24.6. The molecule has 0 aliphatic carbocycles. The molecule has 0 saturated carbocycles. The van der Waals surface area contributed by atoms with Gasteiger partial charge in [0.15, 0.2) is 0 Å². The van der Waals surface area contributed by atoms with Crippen LogP contribution in [0.2, 0.25) is 5.02 Å². The number of hydrogen-bond donors (Lipinski definition) is 0. The highest BCUT2D eigenvalue weighted by molar-refractivity contribution is 7.89. The van der Waals surface area contributed by atoms with Crippen LogP contribution in [-0.4, -0.2) is 89.1 Å². The van der Waals surface area contributed by atoms with Crippen LogP contribution in [0.4, 0.5) is 4.39 Å². The highest BCUT2D eigenvalue weighted by atomic mass is 35.5. The molecule has 2 aliphatic heterocycles. The third-order valence-electron chi connectivity index (χ3n) is 7.89. The standard InChI is InChI=1S/C30H42ClFN2O7S2/c1-39-23-30(25-10-14-27(32)15-11-25)41-29(7-3-17-34-19-5-21-43(34,37)38)28(40-22-24-8-12-26(31)13-9-24)6-2-16-33-18-4-20-42(33,35)36/h8-15,28-30H,2-7,16-23H2,1H3. The van der Waals surface area contributed by atoms with Gasteiger partial charge in [0.05, 0.1) is 36.9 Å². The molecular formula is C30H42ClFN2O7S2. The van der Waals surface area contributed by atoms with E-state index in [1.54, 1.807) is 31.4 Å². The van der Waals surface area contributed by atoms with Crippen LogP contribution in [0.25, 0.3) is 0 Å². The van der Waals surface area contributed by atoms with Crippen molar-refractivity contribution >= 4 is 31.6 Å². The summed E-state index contributed by atoms with van der Waals surface area (Å²) < 4.78 is 85.0. The van der Waals surface area contributed by atoms with E-state index in [-0.39, 0.29) is 30.5 Å². The summed E-state index contributed by atoms with van der Waals surface area (Å²) in [7, 11) is -4.89. The van der Waals surface area contributed by atoms with Crippen molar-refractivity contribution in [3.63, 3.8) is 0 Å². The zero-order chi connectivity index (χ0) is 30.9. The quantitative estimate of drug-likeness (QED) is 0.241. The van der Waals surface area contributed by atoms with E-state index in [1.165, 1.54) is 20.7 Å². The molecule has 3 unspecified atom stereocenters. The molecule has 0 radical (unpaired) electrons. The van der Waals surface area contributed by atoms with Crippen molar-refractivity contribution in [3.8, 4) is 0 Å². The molecule has 2 aromatic carbocycles. The van der Waals surface area contributed by atoms with E-state index in [1.807, 2.05) is 12.1 Å². The first kappa shape index (κ1) is 34.2. The topological polar surface area (TPSA) is 102 Å². The van der Waals surface area contributed by atoms with Gasteiger partial charge in [0, 0.05) is 38.3 Å². The molecule has 4 rings (SSSR count). The first-order chi connectivity index (χ1) is 20.6. The van der Waals surface area contributed by atoms with Crippen molar-refractivity contribution in [1.29, 1.82) is 0 Å². The molecule has 2 fully saturated rings. The maximum atomic E-state index is 13.7. The number of nitrogens with zero attached hydrogens (tertiary/aromatic N) is 2. The van der Waals surface area contributed by atoms with Gasteiger partial charge in [-0.25, -0.2) is 29.8 Å². The highest BCUT2D eigenvalue weighted by Gasteiger charge is 2.32. The molecule has 0 amide bonds. The maximum absolute atomic E-state index is 13.7. The van der Waals surface area contributed by atoms with Gasteiger partial charge in [0.25, 0.3) is 0 Å². The number of sulfonamides is 2. The lowest BCUT2D eigenvalue weighted by Crippen LogP contribution is -2.36. The Hall–Kier alpha value is -1.64. The van der Waals surface area contributed by atoms with Crippen molar-refractivity contribution in [1.82, 2.24) is 8.61 Å². The third kappa shape index (κ3) is 10.2. The van der Waals surface area contributed by atoms with Crippen LogP contribution in [0.3, 0.4) is 0 Å². The fourth-order valence-corrected chi connectivity index (χ4v) is 8.84. The van der Waals surface area contributed by atoms with Crippen molar-refractivity contribution in [3.05, 3.63) is 70.5 Å². The fourth-order valence-electron chi connectivity index (χ4n) is 5.58. The van der Waals surface area contributed by atoms with Crippen LogP contribution < -0.4 is 0 Å². The molecular weight excluding hydrogens is 619 g/mol. The van der Waals surface area contributed by atoms with Crippen LogP contribution in [0.5, 0.6) is 0 Å². The van der Waals surface area contributed by atoms with Gasteiger partial charge in [-0.05, 0) is 73.9 Å². The van der Waals surface area contributed by atoms with Crippen LogP contribution in [-0.2, 0) is 40.9 Å². The van der Waals surface area contributed by atoms with Crippen molar-refractivity contribution < 1.29 is 35.4 Å². The van der Waals surface area contributed by atoms with E-state index in [0.717, 1.165) is 11.1 Å². The molecule has 2 aromatic rings. The average Bonchev–Trinajstić information content (AvgIpc) is 3.49. The van der Waals surface area contributed by atoms with E-state index >= 15 is 0 Å². The van der Waals surface area contributed by atoms with Crippen molar-refractivity contribution in [2.75, 3.05) is 51.4 Å². The van der Waals surface area contributed by atoms with E-state index in [0.29, 0.717) is 69.7 Å². The SMILES string of the molecule is COCC(OC(CCCN1CCCS1(=O)=O)C(CCCN1CCCS1(=O)=O)OCc1ccc(Cl)cc1)c1ccc(F)cc1. The summed E-state index contributed by atoms with van der Waals surface area (Å²) >= 11 is 6.07. The third-order valence-corrected chi connectivity index (χ3v) is 12.1. The maximum Gasteiger partial charge on any atom is 0.214 e. The van der Waals surface area contributed by atoms with Gasteiger partial charge in [0.1, 0.15) is 11.9 Å². The van der Waals surface area contributed by atoms with Gasteiger partial charge >= 0.3 is 0 Å². The van der Waals surface area contributed by atoms with Gasteiger partial charge in [-0.1, -0.05) is 35.9 Å². The number of benzene rings is 2. The Labute approximate surface area is 260 Å². The minimum atomic E-state index is -3.24. The zero-order valence-corrected chi connectivity index (χ0v) is 27.0. The van der Waals surface area contributed by atoms with E-state index in [2.05, 4.69) is 0 Å². The largest absolute Gasteiger partial charge is 0.382 e. The number of hydrogen-bond acceptors (Lipinski definition) is 7. The molecule has 0 N–H and O–H groups in total. The van der Waals surface area contributed by atoms with E-state index < -0.39 is 38.4 Å². The smallest absolute Gasteiger partial charge is 0.214 e. The van der Waals surface area contributed by atoms with Crippen LogP contribution in [0.15, 0.2) is 48.5 Å². The minimum absolute atomic E-state index is 0.166. The molecule has 0 bridgehead atoms. The number of methoxy groups -OCH3 is 1. The molecule has 2 saturated heterocycles. The lowest BCUT2D eigenvalue weighted by molar-refractivity contribution is -0.128. The van der Waals surface area contributed by atoms with Crippen LogP contribution >= 0.6 is 11.6 Å². The summed E-state index contributed by atoms with van der Waals surface area (Å²) in [4.78, 5) is 0. The van der Waals surface area contributed by atoms with Crippen molar-refractivity contribution in [2.24, 2.45) is 0 Å². The monoisotopic (exact) mass is 660 g/mol. The molecule has 43 heavy (non-hydrogen) atoms. The minimum Gasteiger partial charge on any atom is -0.382 e. The van der Waals surface area contributed by atoms with Gasteiger partial charge in [0.2, 0.25) is 20.0 Å². The summed E-state index contributed by atoms with van der Waals surface area (Å²) in [5.74, 6) is -0.0192. The molecule has 2 heterocycles. The Morgan fingerprint density at radius 1 is 0.837 bits per heavy atom. The summed E-state index contributed by atoms with van der Waals surface area (Å²) in [6.07, 6.45) is 1.96. The van der Waals surface area contributed by atoms with Gasteiger partial charge in [-0.15, -0.1) is 0 Å². The molecule has 9 nitrogen and oxygen atoms in total. The molecule has 0 spiro atoms. The summed E-state index contributed by atoms with van der Waals surface area (Å²) in [5.41, 5.74) is 1.67. The lowest BCUT2D eigenvalue weighted by atomic mass is 10.0. The molecule has 2 aliphatic rings. The second kappa shape index (κ2) is 16.1. The first-order valence-electron chi connectivity index (χ1n) is 14.8. The summed E-state index contributed by atoms with van der Waals surface area (Å²) in [6, 6.07) is 13.4. The molecule has 0 aromatic heterocycles. The summed E-state index contributed by atoms with van der Waals surface area (Å²) in [6.45, 7) is 2.30. The van der Waals surface area contributed by atoms with E-state index in [9.17, 15) is 21.2 Å². The summed E-state index contributed by atoms with van der Waals surface area (Å²) in [5, 5.41) is 0.618. The lowest BCUT2D eigenvalue weighted by Gasteiger charge is -2.32. The number of halogens is 2. The Balaban J connectivity index is 1.54. The Morgan fingerprint density at radius 3 is 1.91 bits per heavy atom. The molecule has 240 valence electrons. The Bertz CT molecular complexity index is 1360. The van der Waals surface area contributed by atoms with Crippen LogP contribution in [0.1, 0.15) is 55.8 Å². The molecule has 3 atom stereocenters. The van der Waals surface area contributed by atoms with E-state index in [4.69, 9.17) is 25.8 Å². The number of rotatable bonds is 17. The fraction of sp³-hybridized carbons (Fsp3) is 0.600. The normalized spacial score (nSPS) is 20.7. The van der Waals surface area contributed by atoms with Crippen molar-refractivity contribution in [2.45, 2.75) is 63.4 Å². The van der Waals surface area contributed by atoms with Gasteiger partial charge in [-0.3, -0.25) is 0 Å². The highest BCUT2D eigenvalue weighted by Crippen LogP contribution is 2.28. The van der Waals surface area contributed by atoms with Crippen LogP contribution in [0, 0.1) is 5.82 Å².